The highest BCUT2D eigenvalue weighted by Crippen LogP contribution is 2.31. The molecule has 0 bridgehead atoms. The molecule has 148 valence electrons. The number of nitrogens with two attached hydrogens (primary N) is 1. The number of hydrogen-bond acceptors (Lipinski definition) is 6. The van der Waals surface area contributed by atoms with Crippen LogP contribution in [0.1, 0.15) is 33.3 Å². The smallest absolute Gasteiger partial charge is 0.270 e. The molecule has 3 amide bonds. The average molecular weight is 409 g/mol. The number of aromatic nitrogens is 1. The molecule has 1 heterocycles. The first kappa shape index (κ1) is 20.0. The Hall–Kier alpha value is -3.72. The SMILES string of the molecule is CC(=O)Nc1ccc(C(=O)Nc2sc(Nc3ccccc3C)nc2C(N)=O)cc1. The summed E-state index contributed by atoms with van der Waals surface area (Å²) in [5.74, 6) is -1.37. The maximum atomic E-state index is 12.6. The van der Waals surface area contributed by atoms with Crippen LogP contribution in [0.2, 0.25) is 0 Å². The van der Waals surface area contributed by atoms with Crippen LogP contribution in [0.25, 0.3) is 0 Å². The maximum absolute atomic E-state index is 12.6. The summed E-state index contributed by atoms with van der Waals surface area (Å²) >= 11 is 1.11. The molecule has 0 saturated carbocycles. The van der Waals surface area contributed by atoms with Crippen molar-refractivity contribution < 1.29 is 14.4 Å². The van der Waals surface area contributed by atoms with Crippen LogP contribution in [-0.2, 0) is 4.79 Å². The Balaban J connectivity index is 1.79. The van der Waals surface area contributed by atoms with Crippen molar-refractivity contribution in [1.82, 2.24) is 4.98 Å². The molecule has 0 unspecified atom stereocenters. The molecular weight excluding hydrogens is 390 g/mol. The van der Waals surface area contributed by atoms with E-state index in [0.29, 0.717) is 16.4 Å². The molecule has 0 atom stereocenters. The van der Waals surface area contributed by atoms with Crippen molar-refractivity contribution in [2.45, 2.75) is 13.8 Å². The van der Waals surface area contributed by atoms with Gasteiger partial charge in [-0.15, -0.1) is 0 Å². The molecule has 2 aromatic carbocycles. The van der Waals surface area contributed by atoms with Gasteiger partial charge in [0.25, 0.3) is 11.8 Å². The number of primary amides is 1. The van der Waals surface area contributed by atoms with Crippen LogP contribution in [0.3, 0.4) is 0 Å². The van der Waals surface area contributed by atoms with Gasteiger partial charge in [0.2, 0.25) is 5.91 Å². The summed E-state index contributed by atoms with van der Waals surface area (Å²) in [4.78, 5) is 39.6. The highest BCUT2D eigenvalue weighted by atomic mass is 32.1. The minimum Gasteiger partial charge on any atom is -0.364 e. The maximum Gasteiger partial charge on any atom is 0.270 e. The number of amides is 3. The van der Waals surface area contributed by atoms with E-state index in [2.05, 4.69) is 20.9 Å². The van der Waals surface area contributed by atoms with Crippen molar-refractivity contribution in [3.63, 3.8) is 0 Å². The average Bonchev–Trinajstić information content (AvgIpc) is 3.06. The number of hydrogen-bond donors (Lipinski definition) is 4. The van der Waals surface area contributed by atoms with Crippen LogP contribution in [0.15, 0.2) is 48.5 Å². The number of benzene rings is 2. The second kappa shape index (κ2) is 8.53. The topological polar surface area (TPSA) is 126 Å². The summed E-state index contributed by atoms with van der Waals surface area (Å²) in [6, 6.07) is 14.0. The molecule has 3 aromatic rings. The van der Waals surface area contributed by atoms with E-state index in [1.54, 1.807) is 24.3 Å². The number of carbonyl (C=O) groups excluding carboxylic acids is 3. The molecular formula is C20H19N5O3S. The minimum atomic E-state index is -0.740. The summed E-state index contributed by atoms with van der Waals surface area (Å²) in [5.41, 5.74) is 8.18. The standard InChI is InChI=1S/C20H19N5O3S/c1-11-5-3-4-6-15(11)23-20-24-16(17(21)27)19(29-20)25-18(28)13-7-9-14(10-8-13)22-12(2)26/h3-10H,1-2H3,(H2,21,27)(H,22,26)(H,23,24)(H,25,28). The van der Waals surface area contributed by atoms with Gasteiger partial charge in [-0.25, -0.2) is 4.98 Å². The van der Waals surface area contributed by atoms with Crippen LogP contribution < -0.4 is 21.7 Å². The fraction of sp³-hybridized carbons (Fsp3) is 0.100. The lowest BCUT2D eigenvalue weighted by Crippen LogP contribution is -2.17. The second-order valence-electron chi connectivity index (χ2n) is 6.21. The van der Waals surface area contributed by atoms with Gasteiger partial charge in [-0.3, -0.25) is 14.4 Å². The van der Waals surface area contributed by atoms with E-state index in [1.807, 2.05) is 31.2 Å². The monoisotopic (exact) mass is 409 g/mol. The van der Waals surface area contributed by atoms with Gasteiger partial charge in [0.1, 0.15) is 5.00 Å². The van der Waals surface area contributed by atoms with Crippen molar-refractivity contribution in [2.24, 2.45) is 5.73 Å². The van der Waals surface area contributed by atoms with Crippen LogP contribution in [0.4, 0.5) is 21.5 Å². The fourth-order valence-electron chi connectivity index (χ4n) is 2.54. The number of nitrogens with zero attached hydrogens (tertiary/aromatic N) is 1. The van der Waals surface area contributed by atoms with Gasteiger partial charge < -0.3 is 21.7 Å². The number of aryl methyl sites for hydroxylation is 1. The highest BCUT2D eigenvalue weighted by molar-refractivity contribution is 7.20. The normalized spacial score (nSPS) is 10.3. The zero-order valence-electron chi connectivity index (χ0n) is 15.8. The zero-order chi connectivity index (χ0) is 21.0. The Kier molecular flexibility index (Phi) is 5.89. The molecule has 3 rings (SSSR count). The van der Waals surface area contributed by atoms with Gasteiger partial charge in [0, 0.05) is 23.9 Å². The lowest BCUT2D eigenvalue weighted by molar-refractivity contribution is -0.114. The molecule has 0 saturated heterocycles. The Morgan fingerprint density at radius 3 is 2.31 bits per heavy atom. The molecule has 0 radical (unpaired) electrons. The molecule has 0 aliphatic rings. The molecule has 5 N–H and O–H groups in total. The number of thiazole rings is 1. The zero-order valence-corrected chi connectivity index (χ0v) is 16.6. The third-order valence-corrected chi connectivity index (χ3v) is 4.83. The summed E-state index contributed by atoms with van der Waals surface area (Å²) in [6.07, 6.45) is 0. The molecule has 0 spiro atoms. The molecule has 1 aromatic heterocycles. The number of anilines is 4. The van der Waals surface area contributed by atoms with Gasteiger partial charge >= 0.3 is 0 Å². The number of para-hydroxylation sites is 1. The van der Waals surface area contributed by atoms with E-state index in [4.69, 9.17) is 5.73 Å². The van der Waals surface area contributed by atoms with Crippen molar-refractivity contribution in [3.05, 3.63) is 65.4 Å². The highest BCUT2D eigenvalue weighted by Gasteiger charge is 2.19. The van der Waals surface area contributed by atoms with Gasteiger partial charge in [0.05, 0.1) is 0 Å². The third kappa shape index (κ3) is 4.96. The summed E-state index contributed by atoms with van der Waals surface area (Å²) in [6.45, 7) is 3.34. The van der Waals surface area contributed by atoms with E-state index in [-0.39, 0.29) is 16.6 Å². The first-order valence-corrected chi connectivity index (χ1v) is 9.47. The molecule has 8 nitrogen and oxygen atoms in total. The lowest BCUT2D eigenvalue weighted by atomic mass is 10.2. The van der Waals surface area contributed by atoms with Gasteiger partial charge in [-0.1, -0.05) is 29.5 Å². The Morgan fingerprint density at radius 2 is 1.69 bits per heavy atom. The van der Waals surface area contributed by atoms with Crippen LogP contribution >= 0.6 is 11.3 Å². The Labute approximate surface area is 171 Å². The fourth-order valence-corrected chi connectivity index (χ4v) is 3.42. The molecule has 0 aliphatic heterocycles. The summed E-state index contributed by atoms with van der Waals surface area (Å²) in [5, 5.41) is 9.13. The van der Waals surface area contributed by atoms with Crippen molar-refractivity contribution in [2.75, 3.05) is 16.0 Å². The second-order valence-corrected chi connectivity index (χ2v) is 7.21. The minimum absolute atomic E-state index is 0.0192. The molecule has 0 aliphatic carbocycles. The van der Waals surface area contributed by atoms with Crippen molar-refractivity contribution >= 4 is 50.6 Å². The summed E-state index contributed by atoms with van der Waals surface area (Å²) < 4.78 is 0. The van der Waals surface area contributed by atoms with Gasteiger partial charge in [0.15, 0.2) is 10.8 Å². The summed E-state index contributed by atoms with van der Waals surface area (Å²) in [7, 11) is 0. The predicted octanol–water partition coefficient (Wildman–Crippen LogP) is 3.50. The first-order chi connectivity index (χ1) is 13.8. The number of nitrogens with one attached hydrogen (secondary N) is 3. The van der Waals surface area contributed by atoms with E-state index in [1.165, 1.54) is 6.92 Å². The van der Waals surface area contributed by atoms with E-state index >= 15 is 0 Å². The quantitative estimate of drug-likeness (QED) is 0.496. The van der Waals surface area contributed by atoms with E-state index in [0.717, 1.165) is 22.6 Å². The molecule has 9 heteroatoms. The van der Waals surface area contributed by atoms with Crippen molar-refractivity contribution in [1.29, 1.82) is 0 Å². The largest absolute Gasteiger partial charge is 0.364 e. The third-order valence-electron chi connectivity index (χ3n) is 3.94. The van der Waals surface area contributed by atoms with Crippen LogP contribution in [0, 0.1) is 6.92 Å². The van der Waals surface area contributed by atoms with E-state index < -0.39 is 11.8 Å². The predicted molar refractivity (Wildman–Crippen MR) is 114 cm³/mol. The van der Waals surface area contributed by atoms with Crippen molar-refractivity contribution in [3.8, 4) is 0 Å². The molecule has 29 heavy (non-hydrogen) atoms. The first-order valence-electron chi connectivity index (χ1n) is 8.66. The van der Waals surface area contributed by atoms with E-state index in [9.17, 15) is 14.4 Å². The van der Waals surface area contributed by atoms with Gasteiger partial charge in [-0.2, -0.15) is 0 Å². The number of carbonyl (C=O) groups is 3. The van der Waals surface area contributed by atoms with Gasteiger partial charge in [-0.05, 0) is 42.8 Å². The Morgan fingerprint density at radius 1 is 1.00 bits per heavy atom. The number of rotatable bonds is 6. The lowest BCUT2D eigenvalue weighted by Gasteiger charge is -2.06. The molecule has 0 fully saturated rings. The Bertz CT molecular complexity index is 1080. The van der Waals surface area contributed by atoms with Crippen LogP contribution in [-0.4, -0.2) is 22.7 Å². The van der Waals surface area contributed by atoms with Crippen LogP contribution in [0.5, 0.6) is 0 Å².